The standard InChI is InChI=1S/C18H22N6O3/c1-26-12-7-20-14-6-11(4-5-15(14)27-9-12)23-18-21-8-13(16(19)25)17(24-18)22-10-2-3-10/h4-6,8,10,12,20H,2-3,7,9H2,1H3,(H2,19,25)(H2,21,22,23,24)/t12-/m0/s1/i1D3. The summed E-state index contributed by atoms with van der Waals surface area (Å²) in [5, 5.41) is 9.42. The lowest BCUT2D eigenvalue weighted by molar-refractivity contribution is 0.0709. The second-order valence-electron chi connectivity index (χ2n) is 6.51. The van der Waals surface area contributed by atoms with Crippen LogP contribution in [0.2, 0.25) is 0 Å². The molecular weight excluding hydrogens is 348 g/mol. The van der Waals surface area contributed by atoms with Gasteiger partial charge in [-0.25, -0.2) is 4.98 Å². The zero-order valence-corrected chi connectivity index (χ0v) is 14.5. The van der Waals surface area contributed by atoms with Gasteiger partial charge in [-0.1, -0.05) is 0 Å². The van der Waals surface area contributed by atoms with Crippen molar-refractivity contribution in [2.24, 2.45) is 5.73 Å². The summed E-state index contributed by atoms with van der Waals surface area (Å²) in [4.78, 5) is 20.2. The van der Waals surface area contributed by atoms with Gasteiger partial charge in [0.25, 0.3) is 5.91 Å². The number of carbonyl (C=O) groups excluding carboxylic acids is 1. The molecule has 2 aliphatic rings. The first-order chi connectivity index (χ1) is 14.3. The van der Waals surface area contributed by atoms with Crippen molar-refractivity contribution in [3.8, 4) is 5.75 Å². The first kappa shape index (κ1) is 14.0. The van der Waals surface area contributed by atoms with Crippen LogP contribution in [0.4, 0.5) is 23.1 Å². The zero-order valence-electron chi connectivity index (χ0n) is 17.5. The molecule has 5 N–H and O–H groups in total. The molecule has 1 aromatic heterocycles. The van der Waals surface area contributed by atoms with Gasteiger partial charge in [0.2, 0.25) is 5.95 Å². The first-order valence-electron chi connectivity index (χ1n) is 10.2. The molecular formula is C18H22N6O3. The van der Waals surface area contributed by atoms with Crippen molar-refractivity contribution in [3.05, 3.63) is 30.0 Å². The van der Waals surface area contributed by atoms with Crippen LogP contribution >= 0.6 is 0 Å². The van der Waals surface area contributed by atoms with Gasteiger partial charge < -0.3 is 31.2 Å². The number of amides is 1. The van der Waals surface area contributed by atoms with Crippen molar-refractivity contribution in [1.29, 1.82) is 0 Å². The quantitative estimate of drug-likeness (QED) is 0.603. The summed E-state index contributed by atoms with van der Waals surface area (Å²) in [5.41, 5.74) is 7.01. The monoisotopic (exact) mass is 373 g/mol. The molecule has 1 fully saturated rings. The topological polar surface area (TPSA) is 123 Å². The van der Waals surface area contributed by atoms with E-state index in [2.05, 4.69) is 25.9 Å². The van der Waals surface area contributed by atoms with Gasteiger partial charge in [0.1, 0.15) is 24.3 Å². The molecule has 0 spiro atoms. The minimum atomic E-state index is -2.49. The Bertz CT molecular complexity index is 951. The van der Waals surface area contributed by atoms with Crippen LogP contribution in [0, 0.1) is 0 Å². The third kappa shape index (κ3) is 4.03. The lowest BCUT2D eigenvalue weighted by Crippen LogP contribution is -2.25. The number of primary amides is 1. The minimum Gasteiger partial charge on any atom is -0.489 e. The average Bonchev–Trinajstić information content (AvgIpc) is 3.49. The molecule has 1 atom stereocenters. The van der Waals surface area contributed by atoms with Crippen molar-refractivity contribution < 1.29 is 18.4 Å². The number of hydrogen-bond acceptors (Lipinski definition) is 8. The van der Waals surface area contributed by atoms with Crippen LogP contribution in [-0.2, 0) is 4.74 Å². The van der Waals surface area contributed by atoms with Gasteiger partial charge >= 0.3 is 0 Å². The Labute approximate surface area is 160 Å². The number of rotatable bonds is 6. The van der Waals surface area contributed by atoms with E-state index in [0.29, 0.717) is 34.9 Å². The number of benzene rings is 1. The third-order valence-electron chi connectivity index (χ3n) is 4.32. The van der Waals surface area contributed by atoms with E-state index < -0.39 is 19.0 Å². The lowest BCUT2D eigenvalue weighted by atomic mass is 10.2. The molecule has 2 heterocycles. The molecule has 1 amide bonds. The first-order valence-corrected chi connectivity index (χ1v) is 8.66. The largest absolute Gasteiger partial charge is 0.489 e. The van der Waals surface area contributed by atoms with Crippen molar-refractivity contribution in [3.63, 3.8) is 0 Å². The second-order valence-corrected chi connectivity index (χ2v) is 6.51. The number of carbonyl (C=O) groups is 1. The number of fused-ring (bicyclic) bond motifs is 1. The SMILES string of the molecule is [2H]C([2H])([2H])O[C@H]1CNc2cc(Nc3ncc(C(N)=O)c(NC4CC4)n3)ccc2OC1. The molecule has 1 aliphatic carbocycles. The van der Waals surface area contributed by atoms with Gasteiger partial charge in [0, 0.05) is 31.5 Å². The Balaban J connectivity index is 1.48. The van der Waals surface area contributed by atoms with Crippen molar-refractivity contribution in [2.75, 3.05) is 36.1 Å². The summed E-state index contributed by atoms with van der Waals surface area (Å²) >= 11 is 0. The number of anilines is 4. The molecule has 0 saturated heterocycles. The maximum Gasteiger partial charge on any atom is 0.254 e. The molecule has 27 heavy (non-hydrogen) atoms. The molecule has 0 bridgehead atoms. The maximum absolute atomic E-state index is 11.6. The number of aromatic nitrogens is 2. The Kier molecular flexibility index (Phi) is 3.79. The third-order valence-corrected chi connectivity index (χ3v) is 4.32. The summed E-state index contributed by atoms with van der Waals surface area (Å²) in [7, 11) is -2.49. The van der Waals surface area contributed by atoms with Crippen LogP contribution in [-0.4, -0.2) is 48.2 Å². The molecule has 9 nitrogen and oxygen atoms in total. The average molecular weight is 373 g/mol. The highest BCUT2D eigenvalue weighted by Gasteiger charge is 2.24. The number of nitrogens with zero attached hydrogens (tertiary/aromatic N) is 2. The molecule has 0 radical (unpaired) electrons. The van der Waals surface area contributed by atoms with E-state index in [4.69, 9.17) is 19.3 Å². The van der Waals surface area contributed by atoms with Gasteiger partial charge in [-0.05, 0) is 31.0 Å². The summed E-state index contributed by atoms with van der Waals surface area (Å²) in [6.07, 6.45) is 2.83. The summed E-state index contributed by atoms with van der Waals surface area (Å²) in [5.74, 6) is 0.702. The smallest absolute Gasteiger partial charge is 0.254 e. The number of nitrogens with one attached hydrogen (secondary N) is 3. The summed E-state index contributed by atoms with van der Waals surface area (Å²) in [6, 6.07) is 5.63. The van der Waals surface area contributed by atoms with Crippen LogP contribution < -0.4 is 26.4 Å². The number of ether oxygens (including phenoxy) is 2. The van der Waals surface area contributed by atoms with Crippen LogP contribution in [0.3, 0.4) is 0 Å². The van der Waals surface area contributed by atoms with E-state index >= 15 is 0 Å². The fourth-order valence-electron chi connectivity index (χ4n) is 2.70. The number of nitrogens with two attached hydrogens (primary N) is 1. The summed E-state index contributed by atoms with van der Waals surface area (Å²) in [6.45, 7) is 0.410. The Morgan fingerprint density at radius 3 is 3.15 bits per heavy atom. The van der Waals surface area contributed by atoms with E-state index in [1.807, 2.05) is 0 Å². The minimum absolute atomic E-state index is 0.124. The number of methoxy groups -OCH3 is 1. The fourth-order valence-corrected chi connectivity index (χ4v) is 2.70. The molecule has 9 heteroatoms. The van der Waals surface area contributed by atoms with Crippen LogP contribution in [0.15, 0.2) is 24.4 Å². The van der Waals surface area contributed by atoms with Gasteiger partial charge in [-0.2, -0.15) is 4.98 Å². The highest BCUT2D eigenvalue weighted by atomic mass is 16.5. The predicted octanol–water partition coefficient (Wildman–Crippen LogP) is 1.71. The molecule has 2 aromatic rings. The fraction of sp³-hybridized carbons (Fsp3) is 0.389. The molecule has 142 valence electrons. The van der Waals surface area contributed by atoms with E-state index in [1.54, 1.807) is 18.2 Å². The second kappa shape index (κ2) is 7.28. The Hall–Kier alpha value is -3.07. The zero-order chi connectivity index (χ0) is 21.3. The van der Waals surface area contributed by atoms with E-state index in [0.717, 1.165) is 12.8 Å². The van der Waals surface area contributed by atoms with Crippen LogP contribution in [0.25, 0.3) is 0 Å². The molecule has 0 unspecified atom stereocenters. The van der Waals surface area contributed by atoms with Crippen LogP contribution in [0.1, 0.15) is 27.3 Å². The lowest BCUT2D eigenvalue weighted by Gasteiger charge is -2.13. The highest BCUT2D eigenvalue weighted by Crippen LogP contribution is 2.31. The predicted molar refractivity (Wildman–Crippen MR) is 102 cm³/mol. The Morgan fingerprint density at radius 2 is 2.37 bits per heavy atom. The number of hydrogen-bond donors (Lipinski definition) is 4. The van der Waals surface area contributed by atoms with Gasteiger partial charge in [0.15, 0.2) is 0 Å². The van der Waals surface area contributed by atoms with E-state index in [-0.39, 0.29) is 18.7 Å². The molecule has 4 rings (SSSR count). The maximum atomic E-state index is 11.6. The highest BCUT2D eigenvalue weighted by molar-refractivity contribution is 5.97. The normalized spacial score (nSPS) is 20.6. The summed E-state index contributed by atoms with van der Waals surface area (Å²) < 4.78 is 32.4. The van der Waals surface area contributed by atoms with Gasteiger partial charge in [0.05, 0.1) is 15.4 Å². The van der Waals surface area contributed by atoms with Crippen molar-refractivity contribution in [2.45, 2.75) is 25.0 Å². The molecule has 1 aromatic carbocycles. The van der Waals surface area contributed by atoms with E-state index in [1.165, 1.54) is 6.20 Å². The molecule has 1 aliphatic heterocycles. The Morgan fingerprint density at radius 1 is 1.48 bits per heavy atom. The van der Waals surface area contributed by atoms with Crippen LogP contribution in [0.5, 0.6) is 5.75 Å². The van der Waals surface area contributed by atoms with E-state index in [9.17, 15) is 4.79 Å². The van der Waals surface area contributed by atoms with Gasteiger partial charge in [-0.3, -0.25) is 4.79 Å². The van der Waals surface area contributed by atoms with Crippen molar-refractivity contribution >= 4 is 29.0 Å². The van der Waals surface area contributed by atoms with Gasteiger partial charge in [-0.15, -0.1) is 0 Å². The van der Waals surface area contributed by atoms with Crippen molar-refractivity contribution in [1.82, 2.24) is 9.97 Å². The molecule has 1 saturated carbocycles.